The Kier molecular flexibility index (Phi) is 5.98. The van der Waals surface area contributed by atoms with Crippen molar-refractivity contribution in [3.63, 3.8) is 0 Å². The van der Waals surface area contributed by atoms with Crippen molar-refractivity contribution < 1.29 is 17.9 Å². The first-order chi connectivity index (χ1) is 10.5. The van der Waals surface area contributed by atoms with Crippen LogP contribution in [0.4, 0.5) is 10.5 Å². The predicted octanol–water partition coefficient (Wildman–Crippen LogP) is 1.85. The van der Waals surface area contributed by atoms with Crippen LogP contribution in [0.25, 0.3) is 0 Å². The zero-order valence-electron chi connectivity index (χ0n) is 13.7. The lowest BCUT2D eigenvalue weighted by atomic mass is 10.2. The van der Waals surface area contributed by atoms with Gasteiger partial charge < -0.3 is 10.1 Å². The number of rotatable bonds is 5. The Balaban J connectivity index is 2.83. The maximum atomic E-state index is 12.0. The molecule has 0 atom stereocenters. The Morgan fingerprint density at radius 3 is 2.48 bits per heavy atom. The molecule has 1 aromatic carbocycles. The van der Waals surface area contributed by atoms with E-state index >= 15 is 0 Å². The van der Waals surface area contributed by atoms with Gasteiger partial charge in [-0.3, -0.25) is 4.31 Å². The molecule has 7 nitrogen and oxygen atoms in total. The Morgan fingerprint density at radius 2 is 1.96 bits per heavy atom. The number of benzene rings is 1. The van der Waals surface area contributed by atoms with Crippen LogP contribution in [-0.2, 0) is 14.8 Å². The highest BCUT2D eigenvalue weighted by Crippen LogP contribution is 2.21. The van der Waals surface area contributed by atoms with Crippen molar-refractivity contribution in [2.24, 2.45) is 0 Å². The van der Waals surface area contributed by atoms with E-state index in [4.69, 9.17) is 10.00 Å². The van der Waals surface area contributed by atoms with Crippen molar-refractivity contribution in [3.8, 4) is 6.07 Å². The Labute approximate surface area is 136 Å². The number of ether oxygens (including phenoxy) is 1. The molecule has 0 fully saturated rings. The summed E-state index contributed by atoms with van der Waals surface area (Å²) in [6.45, 7) is 5.26. The van der Waals surface area contributed by atoms with Gasteiger partial charge in [0.2, 0.25) is 10.0 Å². The molecular formula is C15H21N3O4S. The minimum atomic E-state index is -3.59. The van der Waals surface area contributed by atoms with Crippen LogP contribution in [0.2, 0.25) is 0 Å². The average Bonchev–Trinajstić information content (AvgIpc) is 2.40. The number of carbonyl (C=O) groups is 1. The summed E-state index contributed by atoms with van der Waals surface area (Å²) in [5.74, 6) is 0. The molecule has 0 aliphatic carbocycles. The van der Waals surface area contributed by atoms with Crippen LogP contribution in [0.15, 0.2) is 24.3 Å². The number of hydrogen-bond acceptors (Lipinski definition) is 5. The van der Waals surface area contributed by atoms with Crippen molar-refractivity contribution in [3.05, 3.63) is 29.8 Å². The van der Waals surface area contributed by atoms with Crippen LogP contribution in [0.5, 0.6) is 0 Å². The highest BCUT2D eigenvalue weighted by Gasteiger charge is 2.21. The summed E-state index contributed by atoms with van der Waals surface area (Å²) in [4.78, 5) is 11.6. The molecule has 126 valence electrons. The van der Waals surface area contributed by atoms with Crippen LogP contribution in [-0.4, -0.2) is 39.5 Å². The molecule has 0 aromatic heterocycles. The Morgan fingerprint density at radius 1 is 1.35 bits per heavy atom. The molecular weight excluding hydrogens is 318 g/mol. The third kappa shape index (κ3) is 6.16. The lowest BCUT2D eigenvalue weighted by Gasteiger charge is -2.24. The summed E-state index contributed by atoms with van der Waals surface area (Å²) < 4.78 is 30.1. The van der Waals surface area contributed by atoms with Crippen molar-refractivity contribution >= 4 is 21.8 Å². The summed E-state index contributed by atoms with van der Waals surface area (Å²) in [7, 11) is -3.59. The van der Waals surface area contributed by atoms with Crippen molar-refractivity contribution in [2.45, 2.75) is 26.4 Å². The number of nitrogens with one attached hydrogen (secondary N) is 1. The van der Waals surface area contributed by atoms with Gasteiger partial charge in [0.05, 0.1) is 24.1 Å². The number of hydrogen-bond donors (Lipinski definition) is 1. The molecule has 0 heterocycles. The minimum absolute atomic E-state index is 0.00320. The number of amides is 1. The molecule has 1 amide bonds. The highest BCUT2D eigenvalue weighted by molar-refractivity contribution is 7.92. The molecule has 0 radical (unpaired) electrons. The van der Waals surface area contributed by atoms with Gasteiger partial charge in [-0.05, 0) is 32.9 Å². The number of alkyl carbamates (subject to hydrolysis) is 1. The molecule has 23 heavy (non-hydrogen) atoms. The number of nitriles is 1. The van der Waals surface area contributed by atoms with Crippen molar-refractivity contribution in [1.82, 2.24) is 5.32 Å². The Hall–Kier alpha value is -2.27. The van der Waals surface area contributed by atoms with Gasteiger partial charge in [-0.1, -0.05) is 12.1 Å². The van der Waals surface area contributed by atoms with E-state index in [9.17, 15) is 13.2 Å². The number of sulfonamides is 1. The zero-order valence-corrected chi connectivity index (χ0v) is 14.5. The van der Waals surface area contributed by atoms with Crippen LogP contribution in [0.3, 0.4) is 0 Å². The van der Waals surface area contributed by atoms with E-state index in [1.165, 1.54) is 6.07 Å². The topological polar surface area (TPSA) is 99.5 Å². The van der Waals surface area contributed by atoms with Gasteiger partial charge in [0, 0.05) is 6.54 Å². The lowest BCUT2D eigenvalue weighted by molar-refractivity contribution is 0.0529. The first-order valence-electron chi connectivity index (χ1n) is 6.98. The summed E-state index contributed by atoms with van der Waals surface area (Å²) in [5, 5.41) is 11.6. The lowest BCUT2D eigenvalue weighted by Crippen LogP contribution is -2.40. The first kappa shape index (κ1) is 18.8. The number of carbonyl (C=O) groups excluding carboxylic acids is 1. The van der Waals surface area contributed by atoms with E-state index in [0.29, 0.717) is 0 Å². The SMILES string of the molecule is CC(C)(C)OC(=O)NCCN(c1ccccc1C#N)S(C)(=O)=O. The summed E-state index contributed by atoms with van der Waals surface area (Å²) in [6.07, 6.45) is 0.425. The van der Waals surface area contributed by atoms with E-state index in [1.807, 2.05) is 6.07 Å². The number of anilines is 1. The minimum Gasteiger partial charge on any atom is -0.444 e. The zero-order chi connectivity index (χ0) is 17.7. The maximum Gasteiger partial charge on any atom is 0.407 e. The molecule has 0 unspecified atom stereocenters. The largest absolute Gasteiger partial charge is 0.444 e. The monoisotopic (exact) mass is 339 g/mol. The highest BCUT2D eigenvalue weighted by atomic mass is 32.2. The second kappa shape index (κ2) is 7.33. The van der Waals surface area contributed by atoms with Crippen molar-refractivity contribution in [1.29, 1.82) is 5.26 Å². The van der Waals surface area contributed by atoms with Gasteiger partial charge in [0.1, 0.15) is 11.7 Å². The fraction of sp³-hybridized carbons (Fsp3) is 0.467. The van der Waals surface area contributed by atoms with Gasteiger partial charge >= 0.3 is 6.09 Å². The van der Waals surface area contributed by atoms with Crippen LogP contribution in [0.1, 0.15) is 26.3 Å². The molecule has 0 aliphatic heterocycles. The standard InChI is InChI=1S/C15H21N3O4S/c1-15(2,3)22-14(19)17-9-10-18(23(4,20)21)13-8-6-5-7-12(13)11-16/h5-8H,9-10H2,1-4H3,(H,17,19). The summed E-state index contributed by atoms with van der Waals surface area (Å²) >= 11 is 0. The molecule has 8 heteroatoms. The van der Waals surface area contributed by atoms with Crippen LogP contribution < -0.4 is 9.62 Å². The molecule has 0 aliphatic rings. The van der Waals surface area contributed by atoms with Crippen molar-refractivity contribution in [2.75, 3.05) is 23.7 Å². The fourth-order valence-electron chi connectivity index (χ4n) is 1.82. The van der Waals surface area contributed by atoms with E-state index in [1.54, 1.807) is 39.0 Å². The first-order valence-corrected chi connectivity index (χ1v) is 8.83. The van der Waals surface area contributed by atoms with Crippen LogP contribution >= 0.6 is 0 Å². The molecule has 1 aromatic rings. The summed E-state index contributed by atoms with van der Waals surface area (Å²) in [6, 6.07) is 8.35. The normalized spacial score (nSPS) is 11.4. The smallest absolute Gasteiger partial charge is 0.407 e. The van der Waals surface area contributed by atoms with Gasteiger partial charge in [0.25, 0.3) is 0 Å². The van der Waals surface area contributed by atoms with Gasteiger partial charge in [-0.2, -0.15) is 5.26 Å². The van der Waals surface area contributed by atoms with Crippen LogP contribution in [0, 0.1) is 11.3 Å². The molecule has 1 N–H and O–H groups in total. The number of para-hydroxylation sites is 1. The quantitative estimate of drug-likeness (QED) is 0.882. The third-order valence-electron chi connectivity index (χ3n) is 2.68. The van der Waals surface area contributed by atoms with Gasteiger partial charge in [0.15, 0.2) is 0 Å². The van der Waals surface area contributed by atoms with E-state index in [-0.39, 0.29) is 24.3 Å². The van der Waals surface area contributed by atoms with E-state index < -0.39 is 21.7 Å². The molecule has 0 saturated heterocycles. The Bertz CT molecular complexity index is 702. The summed E-state index contributed by atoms with van der Waals surface area (Å²) in [5.41, 5.74) is -0.104. The number of nitrogens with zero attached hydrogens (tertiary/aromatic N) is 2. The fourth-order valence-corrected chi connectivity index (χ4v) is 2.76. The maximum absolute atomic E-state index is 12.0. The molecule has 0 spiro atoms. The van der Waals surface area contributed by atoms with Gasteiger partial charge in [-0.25, -0.2) is 13.2 Å². The molecule has 1 rings (SSSR count). The van der Waals surface area contributed by atoms with Gasteiger partial charge in [-0.15, -0.1) is 0 Å². The molecule has 0 bridgehead atoms. The molecule has 0 saturated carbocycles. The second-order valence-electron chi connectivity index (χ2n) is 5.89. The van der Waals surface area contributed by atoms with E-state index in [2.05, 4.69) is 5.32 Å². The predicted molar refractivity (Wildman–Crippen MR) is 87.6 cm³/mol. The third-order valence-corrected chi connectivity index (χ3v) is 3.86. The second-order valence-corrected chi connectivity index (χ2v) is 7.80. The average molecular weight is 339 g/mol. The van der Waals surface area contributed by atoms with E-state index in [0.717, 1.165) is 10.6 Å².